The average Bonchev–Trinajstić information content (AvgIpc) is 3.22. The highest BCUT2D eigenvalue weighted by Gasteiger charge is 2.18. The van der Waals surface area contributed by atoms with Crippen molar-refractivity contribution in [3.63, 3.8) is 0 Å². The molecule has 6 nitrogen and oxygen atoms in total. The van der Waals surface area contributed by atoms with E-state index in [4.69, 9.17) is 20.2 Å². The van der Waals surface area contributed by atoms with Crippen molar-refractivity contribution in [3.8, 4) is 11.5 Å². The van der Waals surface area contributed by atoms with Crippen molar-refractivity contribution < 1.29 is 9.47 Å². The number of aromatic nitrogens is 2. The van der Waals surface area contributed by atoms with E-state index in [0.717, 1.165) is 30.4 Å². The van der Waals surface area contributed by atoms with Crippen molar-refractivity contribution >= 4 is 39.6 Å². The van der Waals surface area contributed by atoms with Crippen molar-refractivity contribution in [1.29, 1.82) is 0 Å². The Balaban J connectivity index is 1.67. The fourth-order valence-corrected chi connectivity index (χ4v) is 3.94. The van der Waals surface area contributed by atoms with Gasteiger partial charge < -0.3 is 20.1 Å². The lowest BCUT2D eigenvalue weighted by atomic mass is 10.1. The van der Waals surface area contributed by atoms with Gasteiger partial charge in [0.1, 0.15) is 5.82 Å². The van der Waals surface area contributed by atoms with Crippen LogP contribution in [0.4, 0.5) is 11.8 Å². The highest BCUT2D eigenvalue weighted by atomic mass is 32.1. The molecular formula is C19H20N4O2S. The third kappa shape index (κ3) is 2.94. The number of benzene rings is 1. The number of ether oxygens (including phenoxy) is 2. The van der Waals surface area contributed by atoms with Crippen molar-refractivity contribution in [2.24, 2.45) is 0 Å². The molecule has 26 heavy (non-hydrogen) atoms. The van der Waals surface area contributed by atoms with E-state index in [0.29, 0.717) is 23.3 Å². The maximum absolute atomic E-state index is 6.20. The molecule has 0 amide bonds. The molecule has 0 atom stereocenters. The molecule has 1 aliphatic heterocycles. The second-order valence-corrected chi connectivity index (χ2v) is 6.98. The molecule has 0 saturated heterocycles. The van der Waals surface area contributed by atoms with E-state index in [1.807, 2.05) is 12.1 Å². The van der Waals surface area contributed by atoms with E-state index in [1.54, 1.807) is 25.6 Å². The molecule has 1 aliphatic rings. The van der Waals surface area contributed by atoms with Gasteiger partial charge in [0.2, 0.25) is 5.95 Å². The number of anilines is 2. The lowest BCUT2D eigenvalue weighted by Gasteiger charge is -2.26. The SMILES string of the molecule is COc1cc2nc(N3CC=C(c4cccs4)CC3)nc(N)c2cc1OC. The number of nitrogen functional groups attached to an aromatic ring is 1. The van der Waals surface area contributed by atoms with Gasteiger partial charge in [0.05, 0.1) is 19.7 Å². The van der Waals surface area contributed by atoms with Gasteiger partial charge in [-0.05, 0) is 29.5 Å². The van der Waals surface area contributed by atoms with Crippen molar-refractivity contribution in [3.05, 3.63) is 40.6 Å². The van der Waals surface area contributed by atoms with E-state index in [-0.39, 0.29) is 0 Å². The molecule has 134 valence electrons. The van der Waals surface area contributed by atoms with E-state index in [2.05, 4.69) is 33.5 Å². The van der Waals surface area contributed by atoms with Gasteiger partial charge in [-0.2, -0.15) is 4.98 Å². The van der Waals surface area contributed by atoms with E-state index < -0.39 is 0 Å². The molecule has 4 rings (SSSR count). The summed E-state index contributed by atoms with van der Waals surface area (Å²) >= 11 is 1.77. The monoisotopic (exact) mass is 368 g/mol. The van der Waals surface area contributed by atoms with Crippen LogP contribution in [0.2, 0.25) is 0 Å². The van der Waals surface area contributed by atoms with Crippen molar-refractivity contribution in [2.45, 2.75) is 6.42 Å². The van der Waals surface area contributed by atoms with Gasteiger partial charge in [-0.3, -0.25) is 0 Å². The van der Waals surface area contributed by atoms with Crippen LogP contribution in [0.15, 0.2) is 35.7 Å². The Labute approximate surface area is 155 Å². The summed E-state index contributed by atoms with van der Waals surface area (Å²) in [6.45, 7) is 1.63. The smallest absolute Gasteiger partial charge is 0.228 e. The standard InChI is InChI=1S/C19H20N4O2S/c1-24-15-10-13-14(11-16(15)25-2)21-19(22-18(13)20)23-7-5-12(6-8-23)17-4-3-9-26-17/h3-5,9-11H,6-8H2,1-2H3,(H2,20,21,22). The van der Waals surface area contributed by atoms with Gasteiger partial charge in [0.25, 0.3) is 0 Å². The van der Waals surface area contributed by atoms with Crippen LogP contribution < -0.4 is 20.1 Å². The molecule has 0 bridgehead atoms. The zero-order valence-electron chi connectivity index (χ0n) is 14.7. The molecule has 0 radical (unpaired) electrons. The van der Waals surface area contributed by atoms with Crippen LogP contribution in [0.25, 0.3) is 16.5 Å². The first-order valence-corrected chi connectivity index (χ1v) is 9.24. The first kappa shape index (κ1) is 16.7. The largest absolute Gasteiger partial charge is 0.493 e. The zero-order chi connectivity index (χ0) is 18.1. The Kier molecular flexibility index (Phi) is 4.38. The molecule has 1 aromatic carbocycles. The minimum Gasteiger partial charge on any atom is -0.493 e. The van der Waals surface area contributed by atoms with Crippen LogP contribution in [0.1, 0.15) is 11.3 Å². The number of nitrogens with two attached hydrogens (primary N) is 1. The molecule has 2 aromatic heterocycles. The van der Waals surface area contributed by atoms with Crippen LogP contribution in [-0.4, -0.2) is 37.3 Å². The zero-order valence-corrected chi connectivity index (χ0v) is 15.5. The molecule has 3 aromatic rings. The fourth-order valence-electron chi connectivity index (χ4n) is 3.14. The van der Waals surface area contributed by atoms with Gasteiger partial charge in [-0.15, -0.1) is 11.3 Å². The summed E-state index contributed by atoms with van der Waals surface area (Å²) in [4.78, 5) is 12.7. The number of hydrogen-bond acceptors (Lipinski definition) is 7. The summed E-state index contributed by atoms with van der Waals surface area (Å²) in [7, 11) is 3.21. The second-order valence-electron chi connectivity index (χ2n) is 6.04. The summed E-state index contributed by atoms with van der Waals surface area (Å²) in [6, 6.07) is 7.91. The molecular weight excluding hydrogens is 348 g/mol. The van der Waals surface area contributed by atoms with Gasteiger partial charge in [-0.1, -0.05) is 12.1 Å². The predicted octanol–water partition coefficient (Wildman–Crippen LogP) is 3.58. The summed E-state index contributed by atoms with van der Waals surface area (Å²) in [5.41, 5.74) is 8.33. The van der Waals surface area contributed by atoms with Crippen LogP contribution >= 0.6 is 11.3 Å². The molecule has 2 N–H and O–H groups in total. The lowest BCUT2D eigenvalue weighted by Crippen LogP contribution is -2.30. The Morgan fingerprint density at radius 3 is 2.62 bits per heavy atom. The number of methoxy groups -OCH3 is 2. The van der Waals surface area contributed by atoms with Crippen LogP contribution in [0.3, 0.4) is 0 Å². The maximum Gasteiger partial charge on any atom is 0.228 e. The van der Waals surface area contributed by atoms with Gasteiger partial charge >= 0.3 is 0 Å². The van der Waals surface area contributed by atoms with Gasteiger partial charge in [0.15, 0.2) is 11.5 Å². The average molecular weight is 368 g/mol. The highest BCUT2D eigenvalue weighted by molar-refractivity contribution is 7.11. The van der Waals surface area contributed by atoms with Crippen LogP contribution in [-0.2, 0) is 0 Å². The van der Waals surface area contributed by atoms with E-state index >= 15 is 0 Å². The molecule has 0 fully saturated rings. The molecule has 0 aliphatic carbocycles. The second kappa shape index (κ2) is 6.84. The third-order valence-electron chi connectivity index (χ3n) is 4.55. The number of hydrogen-bond donors (Lipinski definition) is 1. The topological polar surface area (TPSA) is 73.5 Å². The first-order chi connectivity index (χ1) is 12.7. The Hall–Kier alpha value is -2.80. The summed E-state index contributed by atoms with van der Waals surface area (Å²) in [5.74, 6) is 2.33. The first-order valence-electron chi connectivity index (χ1n) is 8.36. The summed E-state index contributed by atoms with van der Waals surface area (Å²) < 4.78 is 10.7. The van der Waals surface area contributed by atoms with Crippen molar-refractivity contribution in [2.75, 3.05) is 37.9 Å². The third-order valence-corrected chi connectivity index (χ3v) is 5.49. The Morgan fingerprint density at radius 2 is 1.96 bits per heavy atom. The maximum atomic E-state index is 6.20. The minimum absolute atomic E-state index is 0.444. The predicted molar refractivity (Wildman–Crippen MR) is 106 cm³/mol. The number of fused-ring (bicyclic) bond motifs is 1. The Bertz CT molecular complexity index is 969. The van der Waals surface area contributed by atoms with Gasteiger partial charge in [-0.25, -0.2) is 4.98 Å². The quantitative estimate of drug-likeness (QED) is 0.759. The summed E-state index contributed by atoms with van der Waals surface area (Å²) in [6.07, 6.45) is 3.21. The van der Waals surface area contributed by atoms with E-state index in [9.17, 15) is 0 Å². The molecule has 0 saturated carbocycles. The normalized spacial score (nSPS) is 14.4. The molecule has 0 spiro atoms. The fraction of sp³-hybridized carbons (Fsp3) is 0.263. The lowest BCUT2D eigenvalue weighted by molar-refractivity contribution is 0.356. The number of rotatable bonds is 4. The number of thiophene rings is 1. The van der Waals surface area contributed by atoms with Gasteiger partial charge in [0, 0.05) is 29.4 Å². The minimum atomic E-state index is 0.444. The Morgan fingerprint density at radius 1 is 1.15 bits per heavy atom. The van der Waals surface area contributed by atoms with Crippen LogP contribution in [0.5, 0.6) is 11.5 Å². The number of nitrogens with zero attached hydrogens (tertiary/aromatic N) is 3. The molecule has 3 heterocycles. The highest BCUT2D eigenvalue weighted by Crippen LogP contribution is 2.34. The molecule has 0 unspecified atom stereocenters. The van der Waals surface area contributed by atoms with Crippen molar-refractivity contribution in [1.82, 2.24) is 9.97 Å². The van der Waals surface area contributed by atoms with E-state index in [1.165, 1.54) is 10.5 Å². The molecule has 7 heteroatoms. The van der Waals surface area contributed by atoms with Crippen LogP contribution in [0, 0.1) is 0 Å². The summed E-state index contributed by atoms with van der Waals surface area (Å²) in [5, 5.41) is 2.87.